The molecule has 18 heavy (non-hydrogen) atoms. The molecular formula is C16H32N2. The predicted octanol–water partition coefficient (Wildman–Crippen LogP) is 3.28. The van der Waals surface area contributed by atoms with Crippen LogP contribution in [0.5, 0.6) is 0 Å². The molecule has 1 saturated heterocycles. The van der Waals surface area contributed by atoms with Crippen molar-refractivity contribution in [2.24, 2.45) is 11.8 Å². The second kappa shape index (κ2) is 6.91. The van der Waals surface area contributed by atoms with Gasteiger partial charge in [0, 0.05) is 25.2 Å². The lowest BCUT2D eigenvalue weighted by molar-refractivity contribution is 0.0723. The standard InChI is InChI=1S/C16H32N2/c1-4-10-18-12-15(14-8-6-5-7-9-14)17-11-16(18)13(2)3/h13-17H,4-12H2,1-3H3. The molecule has 0 aromatic heterocycles. The molecule has 2 nitrogen and oxygen atoms in total. The van der Waals surface area contributed by atoms with E-state index in [0.717, 1.165) is 23.9 Å². The van der Waals surface area contributed by atoms with Gasteiger partial charge in [-0.3, -0.25) is 4.90 Å². The summed E-state index contributed by atoms with van der Waals surface area (Å²) in [5, 5.41) is 3.87. The van der Waals surface area contributed by atoms with E-state index >= 15 is 0 Å². The van der Waals surface area contributed by atoms with Crippen molar-refractivity contribution in [3.8, 4) is 0 Å². The average molecular weight is 252 g/mol. The van der Waals surface area contributed by atoms with Gasteiger partial charge in [-0.15, -0.1) is 0 Å². The molecule has 2 unspecified atom stereocenters. The first kappa shape index (κ1) is 14.3. The third-order valence-electron chi connectivity index (χ3n) is 4.99. The quantitative estimate of drug-likeness (QED) is 0.826. The van der Waals surface area contributed by atoms with Gasteiger partial charge in [-0.25, -0.2) is 0 Å². The van der Waals surface area contributed by atoms with Gasteiger partial charge in [-0.2, -0.15) is 0 Å². The molecule has 0 aromatic rings. The van der Waals surface area contributed by atoms with Gasteiger partial charge >= 0.3 is 0 Å². The highest BCUT2D eigenvalue weighted by Gasteiger charge is 2.33. The highest BCUT2D eigenvalue weighted by molar-refractivity contribution is 4.91. The van der Waals surface area contributed by atoms with Crippen LogP contribution in [0.25, 0.3) is 0 Å². The topological polar surface area (TPSA) is 15.3 Å². The third-order valence-corrected chi connectivity index (χ3v) is 4.99. The van der Waals surface area contributed by atoms with Crippen molar-refractivity contribution in [1.29, 1.82) is 0 Å². The molecule has 0 radical (unpaired) electrons. The van der Waals surface area contributed by atoms with Crippen LogP contribution in [0.1, 0.15) is 59.3 Å². The first-order chi connectivity index (χ1) is 8.72. The van der Waals surface area contributed by atoms with E-state index in [1.165, 1.54) is 58.2 Å². The molecular weight excluding hydrogens is 220 g/mol. The van der Waals surface area contributed by atoms with Crippen LogP contribution in [0.3, 0.4) is 0 Å². The summed E-state index contributed by atoms with van der Waals surface area (Å²) in [6.07, 6.45) is 8.61. The van der Waals surface area contributed by atoms with Crippen molar-refractivity contribution in [3.05, 3.63) is 0 Å². The number of nitrogens with zero attached hydrogens (tertiary/aromatic N) is 1. The third kappa shape index (κ3) is 3.48. The van der Waals surface area contributed by atoms with Crippen LogP contribution in [0.15, 0.2) is 0 Å². The molecule has 2 aliphatic rings. The fourth-order valence-electron chi connectivity index (χ4n) is 3.91. The Morgan fingerprint density at radius 3 is 2.50 bits per heavy atom. The Balaban J connectivity index is 1.92. The van der Waals surface area contributed by atoms with Crippen molar-refractivity contribution in [1.82, 2.24) is 10.2 Å². The van der Waals surface area contributed by atoms with Gasteiger partial charge in [0.2, 0.25) is 0 Å². The van der Waals surface area contributed by atoms with Crippen LogP contribution in [0.2, 0.25) is 0 Å². The summed E-state index contributed by atoms with van der Waals surface area (Å²) in [5.41, 5.74) is 0. The fraction of sp³-hybridized carbons (Fsp3) is 1.00. The molecule has 0 bridgehead atoms. The Kier molecular flexibility index (Phi) is 5.50. The van der Waals surface area contributed by atoms with Crippen molar-refractivity contribution in [2.45, 2.75) is 71.4 Å². The molecule has 1 heterocycles. The minimum Gasteiger partial charge on any atom is -0.311 e. The van der Waals surface area contributed by atoms with E-state index < -0.39 is 0 Å². The monoisotopic (exact) mass is 252 g/mol. The van der Waals surface area contributed by atoms with Crippen molar-refractivity contribution in [3.63, 3.8) is 0 Å². The number of piperazine rings is 1. The zero-order chi connectivity index (χ0) is 13.0. The van der Waals surface area contributed by atoms with Gasteiger partial charge < -0.3 is 5.32 Å². The van der Waals surface area contributed by atoms with Crippen LogP contribution >= 0.6 is 0 Å². The summed E-state index contributed by atoms with van der Waals surface area (Å²) in [4.78, 5) is 2.76. The Hall–Kier alpha value is -0.0800. The molecule has 0 spiro atoms. The van der Waals surface area contributed by atoms with Crippen LogP contribution < -0.4 is 5.32 Å². The molecule has 2 atom stereocenters. The van der Waals surface area contributed by atoms with Gasteiger partial charge in [-0.1, -0.05) is 40.0 Å². The highest BCUT2D eigenvalue weighted by Crippen LogP contribution is 2.29. The first-order valence-corrected chi connectivity index (χ1v) is 8.19. The SMILES string of the molecule is CCCN1CC(C2CCCCC2)NCC1C(C)C. The van der Waals surface area contributed by atoms with Gasteiger partial charge in [0.15, 0.2) is 0 Å². The number of hydrogen-bond acceptors (Lipinski definition) is 2. The summed E-state index contributed by atoms with van der Waals surface area (Å²) in [7, 11) is 0. The molecule has 2 heteroatoms. The predicted molar refractivity (Wildman–Crippen MR) is 78.9 cm³/mol. The normalized spacial score (nSPS) is 32.0. The number of nitrogens with one attached hydrogen (secondary N) is 1. The Bertz CT molecular complexity index is 233. The second-order valence-corrected chi connectivity index (χ2v) is 6.72. The molecule has 1 saturated carbocycles. The molecule has 2 rings (SSSR count). The lowest BCUT2D eigenvalue weighted by Gasteiger charge is -2.45. The average Bonchev–Trinajstić information content (AvgIpc) is 2.40. The largest absolute Gasteiger partial charge is 0.311 e. The minimum absolute atomic E-state index is 0.754. The maximum Gasteiger partial charge on any atom is 0.0244 e. The molecule has 106 valence electrons. The van der Waals surface area contributed by atoms with Gasteiger partial charge in [0.1, 0.15) is 0 Å². The maximum atomic E-state index is 3.87. The molecule has 2 fully saturated rings. The molecule has 1 aliphatic heterocycles. The Morgan fingerprint density at radius 1 is 1.17 bits per heavy atom. The van der Waals surface area contributed by atoms with Crippen molar-refractivity contribution < 1.29 is 0 Å². The van der Waals surface area contributed by atoms with Crippen molar-refractivity contribution in [2.75, 3.05) is 19.6 Å². The van der Waals surface area contributed by atoms with E-state index in [9.17, 15) is 0 Å². The van der Waals surface area contributed by atoms with Crippen LogP contribution in [0.4, 0.5) is 0 Å². The van der Waals surface area contributed by atoms with E-state index in [2.05, 4.69) is 31.0 Å². The smallest absolute Gasteiger partial charge is 0.0244 e. The zero-order valence-corrected chi connectivity index (χ0v) is 12.6. The summed E-state index contributed by atoms with van der Waals surface area (Å²) >= 11 is 0. The zero-order valence-electron chi connectivity index (χ0n) is 12.6. The molecule has 1 N–H and O–H groups in total. The Morgan fingerprint density at radius 2 is 1.89 bits per heavy atom. The first-order valence-electron chi connectivity index (χ1n) is 8.19. The van der Waals surface area contributed by atoms with Crippen LogP contribution in [-0.2, 0) is 0 Å². The number of rotatable bonds is 4. The van der Waals surface area contributed by atoms with Crippen LogP contribution in [0, 0.1) is 11.8 Å². The van der Waals surface area contributed by atoms with E-state index in [-0.39, 0.29) is 0 Å². The van der Waals surface area contributed by atoms with E-state index in [1.54, 1.807) is 0 Å². The van der Waals surface area contributed by atoms with E-state index in [1.807, 2.05) is 0 Å². The van der Waals surface area contributed by atoms with Gasteiger partial charge in [0.25, 0.3) is 0 Å². The maximum absolute atomic E-state index is 3.87. The fourth-order valence-corrected chi connectivity index (χ4v) is 3.91. The van der Waals surface area contributed by atoms with Crippen LogP contribution in [-0.4, -0.2) is 36.6 Å². The summed E-state index contributed by atoms with van der Waals surface area (Å²) < 4.78 is 0. The van der Waals surface area contributed by atoms with E-state index in [0.29, 0.717) is 0 Å². The molecule has 0 amide bonds. The van der Waals surface area contributed by atoms with Gasteiger partial charge in [-0.05, 0) is 37.6 Å². The van der Waals surface area contributed by atoms with Gasteiger partial charge in [0.05, 0.1) is 0 Å². The minimum atomic E-state index is 0.754. The lowest BCUT2D eigenvalue weighted by Crippen LogP contribution is -2.60. The van der Waals surface area contributed by atoms with E-state index in [4.69, 9.17) is 0 Å². The summed E-state index contributed by atoms with van der Waals surface area (Å²) in [5.74, 6) is 1.72. The molecule has 0 aromatic carbocycles. The summed E-state index contributed by atoms with van der Waals surface area (Å²) in [6, 6.07) is 1.52. The lowest BCUT2D eigenvalue weighted by atomic mass is 9.82. The van der Waals surface area contributed by atoms with Crippen molar-refractivity contribution >= 4 is 0 Å². The summed E-state index contributed by atoms with van der Waals surface area (Å²) in [6.45, 7) is 10.8. The molecule has 1 aliphatic carbocycles. The highest BCUT2D eigenvalue weighted by atomic mass is 15.2. The second-order valence-electron chi connectivity index (χ2n) is 6.72. The number of hydrogen-bond donors (Lipinski definition) is 1. The Labute approximate surface area is 114 Å².